The lowest BCUT2D eigenvalue weighted by molar-refractivity contribution is 0.187. The molecule has 1 aromatic heterocycles. The Morgan fingerprint density at radius 1 is 1.37 bits per heavy atom. The van der Waals surface area contributed by atoms with E-state index in [1.165, 1.54) is 0 Å². The monoisotopic (exact) mass is 266 g/mol. The molecule has 1 aromatic rings. The molecule has 1 N–H and O–H groups in total. The summed E-state index contributed by atoms with van der Waals surface area (Å²) in [4.78, 5) is 7.17. The first-order chi connectivity index (χ1) is 9.13. The van der Waals surface area contributed by atoms with Gasteiger partial charge in [0.05, 0.1) is 12.3 Å². The summed E-state index contributed by atoms with van der Waals surface area (Å²) in [5.41, 5.74) is 1.16. The number of rotatable bonds is 5. The predicted octanol–water partition coefficient (Wildman–Crippen LogP) is 1.28. The van der Waals surface area contributed by atoms with Gasteiger partial charge in [-0.3, -0.25) is 0 Å². The van der Waals surface area contributed by atoms with E-state index in [9.17, 15) is 0 Å². The number of imidazole rings is 1. The fourth-order valence-electron chi connectivity index (χ4n) is 2.73. The van der Waals surface area contributed by atoms with E-state index in [1.807, 2.05) is 0 Å². The molecule has 19 heavy (non-hydrogen) atoms. The molecule has 2 unspecified atom stereocenters. The molecule has 1 fully saturated rings. The number of ether oxygens (including phenoxy) is 1. The van der Waals surface area contributed by atoms with Crippen molar-refractivity contribution in [3.63, 3.8) is 0 Å². The van der Waals surface area contributed by atoms with Gasteiger partial charge < -0.3 is 19.5 Å². The number of nitrogens with one attached hydrogen (secondary N) is 1. The molecule has 0 bridgehead atoms. The van der Waals surface area contributed by atoms with Crippen LogP contribution in [-0.4, -0.2) is 48.4 Å². The van der Waals surface area contributed by atoms with Crippen LogP contribution >= 0.6 is 0 Å². The highest BCUT2D eigenvalue weighted by Crippen LogP contribution is 2.18. The molecule has 1 aliphatic heterocycles. The van der Waals surface area contributed by atoms with Gasteiger partial charge in [0, 0.05) is 45.0 Å². The van der Waals surface area contributed by atoms with Gasteiger partial charge in [-0.25, -0.2) is 4.98 Å². The van der Waals surface area contributed by atoms with Crippen molar-refractivity contribution in [3.8, 4) is 0 Å². The van der Waals surface area contributed by atoms with Crippen LogP contribution in [0.25, 0.3) is 0 Å². The third-order valence-corrected chi connectivity index (χ3v) is 3.54. The number of anilines is 1. The quantitative estimate of drug-likeness (QED) is 0.872. The maximum atomic E-state index is 5.19. The first kappa shape index (κ1) is 14.3. The van der Waals surface area contributed by atoms with E-state index in [0.717, 1.165) is 44.3 Å². The second-order valence-electron chi connectivity index (χ2n) is 5.45. The number of hydrogen-bond donors (Lipinski definition) is 1. The Labute approximate surface area is 116 Å². The van der Waals surface area contributed by atoms with Crippen molar-refractivity contribution >= 4 is 5.95 Å². The fraction of sp³-hybridized carbons (Fsp3) is 0.786. The van der Waals surface area contributed by atoms with Crippen molar-refractivity contribution in [2.45, 2.75) is 45.8 Å². The molecule has 0 saturated carbocycles. The lowest BCUT2D eigenvalue weighted by Gasteiger charge is -2.36. The molecule has 1 saturated heterocycles. The smallest absolute Gasteiger partial charge is 0.205 e. The highest BCUT2D eigenvalue weighted by atomic mass is 16.5. The van der Waals surface area contributed by atoms with Crippen LogP contribution in [0.15, 0.2) is 6.20 Å². The van der Waals surface area contributed by atoms with E-state index in [4.69, 9.17) is 9.72 Å². The van der Waals surface area contributed by atoms with Crippen molar-refractivity contribution in [3.05, 3.63) is 11.9 Å². The molecule has 0 spiro atoms. The Kier molecular flexibility index (Phi) is 4.82. The Morgan fingerprint density at radius 2 is 2.05 bits per heavy atom. The van der Waals surface area contributed by atoms with Gasteiger partial charge in [-0.2, -0.15) is 0 Å². The molecular weight excluding hydrogens is 240 g/mol. The minimum atomic E-state index is 0.501. The molecule has 2 rings (SSSR count). The molecule has 1 aliphatic rings. The van der Waals surface area contributed by atoms with Crippen LogP contribution in [0.3, 0.4) is 0 Å². The minimum Gasteiger partial charge on any atom is -0.383 e. The first-order valence-electron chi connectivity index (χ1n) is 7.20. The van der Waals surface area contributed by atoms with Crippen molar-refractivity contribution < 1.29 is 4.74 Å². The van der Waals surface area contributed by atoms with Gasteiger partial charge in [0.15, 0.2) is 0 Å². The average molecular weight is 266 g/mol. The summed E-state index contributed by atoms with van der Waals surface area (Å²) in [5, 5.41) is 3.56. The number of methoxy groups -OCH3 is 1. The average Bonchev–Trinajstić information content (AvgIpc) is 2.78. The lowest BCUT2D eigenvalue weighted by Crippen LogP contribution is -2.55. The van der Waals surface area contributed by atoms with Gasteiger partial charge in [-0.1, -0.05) is 6.92 Å². The minimum absolute atomic E-state index is 0.501. The van der Waals surface area contributed by atoms with Crippen LogP contribution in [0.4, 0.5) is 5.95 Å². The maximum absolute atomic E-state index is 5.19. The number of piperazine rings is 1. The van der Waals surface area contributed by atoms with Crippen LogP contribution < -0.4 is 10.2 Å². The van der Waals surface area contributed by atoms with Crippen molar-refractivity contribution in [2.24, 2.45) is 0 Å². The normalized spacial score (nSPS) is 23.9. The molecule has 0 amide bonds. The van der Waals surface area contributed by atoms with Gasteiger partial charge in [0.2, 0.25) is 5.95 Å². The number of hydrogen-bond acceptors (Lipinski definition) is 4. The number of aromatic nitrogens is 2. The van der Waals surface area contributed by atoms with Gasteiger partial charge in [-0.05, 0) is 20.3 Å². The Morgan fingerprint density at radius 3 is 2.63 bits per heavy atom. The highest BCUT2D eigenvalue weighted by molar-refractivity contribution is 5.35. The zero-order chi connectivity index (χ0) is 13.8. The number of nitrogens with zero attached hydrogens (tertiary/aromatic N) is 3. The second kappa shape index (κ2) is 6.39. The van der Waals surface area contributed by atoms with Gasteiger partial charge in [0.25, 0.3) is 0 Å². The summed E-state index contributed by atoms with van der Waals surface area (Å²) < 4.78 is 7.42. The van der Waals surface area contributed by atoms with Gasteiger partial charge in [0.1, 0.15) is 0 Å². The lowest BCUT2D eigenvalue weighted by atomic mass is 10.1. The second-order valence-corrected chi connectivity index (χ2v) is 5.45. The predicted molar refractivity (Wildman–Crippen MR) is 77.8 cm³/mol. The van der Waals surface area contributed by atoms with E-state index in [-0.39, 0.29) is 0 Å². The van der Waals surface area contributed by atoms with Crippen LogP contribution in [0.5, 0.6) is 0 Å². The zero-order valence-corrected chi connectivity index (χ0v) is 12.5. The molecule has 5 heteroatoms. The SMILES string of the molecule is CCc1cn(CCOC)c(N2CC(C)NC(C)C2)n1. The number of aryl methyl sites for hydroxylation is 1. The van der Waals surface area contributed by atoms with Crippen molar-refractivity contribution in [1.29, 1.82) is 0 Å². The Hall–Kier alpha value is -1.07. The van der Waals surface area contributed by atoms with E-state index in [2.05, 4.69) is 41.8 Å². The van der Waals surface area contributed by atoms with Crippen LogP contribution in [-0.2, 0) is 17.7 Å². The van der Waals surface area contributed by atoms with E-state index in [1.54, 1.807) is 7.11 Å². The summed E-state index contributed by atoms with van der Waals surface area (Å²) in [5.74, 6) is 1.09. The van der Waals surface area contributed by atoms with Crippen LogP contribution in [0, 0.1) is 0 Å². The van der Waals surface area contributed by atoms with E-state index < -0.39 is 0 Å². The zero-order valence-electron chi connectivity index (χ0n) is 12.5. The molecule has 0 aliphatic carbocycles. The molecule has 108 valence electrons. The molecule has 0 radical (unpaired) electrons. The summed E-state index contributed by atoms with van der Waals surface area (Å²) in [7, 11) is 1.74. The summed E-state index contributed by atoms with van der Waals surface area (Å²) in [6, 6.07) is 1.00. The standard InChI is InChI=1S/C14H26N4O/c1-5-13-10-17(6-7-19-4)14(16-13)18-8-11(2)15-12(3)9-18/h10-12,15H,5-9H2,1-4H3. The van der Waals surface area contributed by atoms with E-state index in [0.29, 0.717) is 12.1 Å². The van der Waals surface area contributed by atoms with Crippen molar-refractivity contribution in [1.82, 2.24) is 14.9 Å². The van der Waals surface area contributed by atoms with Crippen LogP contribution in [0.2, 0.25) is 0 Å². The molecule has 0 aromatic carbocycles. The first-order valence-corrected chi connectivity index (χ1v) is 7.20. The van der Waals surface area contributed by atoms with Crippen LogP contribution in [0.1, 0.15) is 26.5 Å². The van der Waals surface area contributed by atoms with Gasteiger partial charge >= 0.3 is 0 Å². The highest BCUT2D eigenvalue weighted by Gasteiger charge is 2.24. The van der Waals surface area contributed by atoms with Gasteiger partial charge in [-0.15, -0.1) is 0 Å². The molecule has 2 atom stereocenters. The largest absolute Gasteiger partial charge is 0.383 e. The maximum Gasteiger partial charge on any atom is 0.205 e. The third-order valence-electron chi connectivity index (χ3n) is 3.54. The summed E-state index contributed by atoms with van der Waals surface area (Å²) in [6.45, 7) is 10.2. The molecular formula is C14H26N4O. The topological polar surface area (TPSA) is 42.3 Å². The summed E-state index contributed by atoms with van der Waals surface area (Å²) in [6.07, 6.45) is 3.13. The Balaban J connectivity index is 2.18. The molecule has 5 nitrogen and oxygen atoms in total. The molecule has 2 heterocycles. The summed E-state index contributed by atoms with van der Waals surface area (Å²) >= 11 is 0. The fourth-order valence-corrected chi connectivity index (χ4v) is 2.73. The third kappa shape index (κ3) is 3.48. The van der Waals surface area contributed by atoms with E-state index >= 15 is 0 Å². The Bertz CT molecular complexity index is 394. The van der Waals surface area contributed by atoms with Crippen molar-refractivity contribution in [2.75, 3.05) is 31.7 Å².